The number of hydrogen-bond acceptors (Lipinski definition) is 7. The van der Waals surface area contributed by atoms with Crippen LogP contribution >= 0.6 is 34.4 Å². The molecular formula is C9H9N3O2S4. The van der Waals surface area contributed by atoms with Crippen molar-refractivity contribution in [1.29, 1.82) is 0 Å². The van der Waals surface area contributed by atoms with Crippen LogP contribution in [0, 0.1) is 0 Å². The molecule has 5 nitrogen and oxygen atoms in total. The van der Waals surface area contributed by atoms with Gasteiger partial charge in [0.05, 0.1) is 0 Å². The highest BCUT2D eigenvalue weighted by atomic mass is 32.2. The second-order valence-corrected chi connectivity index (χ2v) is 8.11. The second-order valence-electron chi connectivity index (χ2n) is 3.01. The van der Waals surface area contributed by atoms with Crippen molar-refractivity contribution in [3.8, 4) is 0 Å². The third-order valence-electron chi connectivity index (χ3n) is 1.71. The SMILES string of the molecule is C=CCSc1nnc(NS(=O)(=O)c2cccs2)s1. The van der Waals surface area contributed by atoms with E-state index in [-0.39, 0.29) is 9.34 Å². The van der Waals surface area contributed by atoms with Gasteiger partial charge in [-0.15, -0.1) is 28.1 Å². The molecule has 2 heterocycles. The maximum atomic E-state index is 11.9. The summed E-state index contributed by atoms with van der Waals surface area (Å²) in [5.41, 5.74) is 0. The van der Waals surface area contributed by atoms with Gasteiger partial charge in [-0.25, -0.2) is 8.42 Å². The van der Waals surface area contributed by atoms with Crippen molar-refractivity contribution >= 4 is 49.6 Å². The summed E-state index contributed by atoms with van der Waals surface area (Å²) in [5, 5.41) is 9.65. The number of rotatable bonds is 6. The largest absolute Gasteiger partial charge is 0.273 e. The number of thioether (sulfide) groups is 1. The normalized spacial score (nSPS) is 11.3. The quantitative estimate of drug-likeness (QED) is 0.654. The average molecular weight is 319 g/mol. The van der Waals surface area contributed by atoms with Gasteiger partial charge in [-0.05, 0) is 11.4 Å². The minimum Gasteiger partial charge on any atom is -0.252 e. The summed E-state index contributed by atoms with van der Waals surface area (Å²) in [4.78, 5) is 0. The molecule has 1 N–H and O–H groups in total. The Kier molecular flexibility index (Phi) is 4.38. The Balaban J connectivity index is 2.10. The number of hydrogen-bond donors (Lipinski definition) is 1. The van der Waals surface area contributed by atoms with Gasteiger partial charge in [0.15, 0.2) is 4.34 Å². The average Bonchev–Trinajstić information content (AvgIpc) is 2.96. The van der Waals surface area contributed by atoms with Crippen LogP contribution in [0.2, 0.25) is 0 Å². The maximum absolute atomic E-state index is 11.9. The van der Waals surface area contributed by atoms with Gasteiger partial charge < -0.3 is 0 Å². The van der Waals surface area contributed by atoms with E-state index in [0.717, 1.165) is 11.3 Å². The molecule has 0 aliphatic rings. The first-order valence-corrected chi connectivity index (χ1v) is 8.92. The fourth-order valence-corrected chi connectivity index (χ4v) is 4.76. The first-order valence-electron chi connectivity index (χ1n) is 4.75. The number of nitrogens with zero attached hydrogens (tertiary/aromatic N) is 2. The predicted octanol–water partition coefficient (Wildman–Crippen LogP) is 2.68. The van der Waals surface area contributed by atoms with Crippen LogP contribution in [-0.4, -0.2) is 24.4 Å². The standard InChI is InChI=1S/C9H9N3O2S4/c1-2-5-16-9-11-10-8(17-9)12-18(13,14)7-4-3-6-15-7/h2-4,6H,1,5H2,(H,10,12). The lowest BCUT2D eigenvalue weighted by atomic mass is 10.7. The van der Waals surface area contributed by atoms with E-state index < -0.39 is 10.0 Å². The zero-order chi connectivity index (χ0) is 13.0. The number of anilines is 1. The van der Waals surface area contributed by atoms with Gasteiger partial charge in [-0.2, -0.15) is 0 Å². The predicted molar refractivity (Wildman–Crippen MR) is 76.0 cm³/mol. The van der Waals surface area contributed by atoms with Gasteiger partial charge in [0.2, 0.25) is 5.13 Å². The molecule has 0 aromatic carbocycles. The zero-order valence-electron chi connectivity index (χ0n) is 9.07. The van der Waals surface area contributed by atoms with Crippen LogP contribution in [0.25, 0.3) is 0 Å². The molecule has 96 valence electrons. The zero-order valence-corrected chi connectivity index (χ0v) is 12.3. The Morgan fingerprint density at radius 3 is 3.00 bits per heavy atom. The number of nitrogens with one attached hydrogen (secondary N) is 1. The number of aromatic nitrogens is 2. The van der Waals surface area contributed by atoms with Gasteiger partial charge in [-0.3, -0.25) is 4.72 Å². The summed E-state index contributed by atoms with van der Waals surface area (Å²) in [6.45, 7) is 3.60. The Morgan fingerprint density at radius 2 is 2.33 bits per heavy atom. The lowest BCUT2D eigenvalue weighted by molar-refractivity contribution is 0.603. The summed E-state index contributed by atoms with van der Waals surface area (Å²) in [7, 11) is -3.53. The van der Waals surface area contributed by atoms with Crippen molar-refractivity contribution in [2.24, 2.45) is 0 Å². The topological polar surface area (TPSA) is 72.0 Å². The van der Waals surface area contributed by atoms with Gasteiger partial charge in [0.25, 0.3) is 10.0 Å². The first kappa shape index (κ1) is 13.5. The molecule has 2 rings (SSSR count). The van der Waals surface area contributed by atoms with Gasteiger partial charge in [-0.1, -0.05) is 35.2 Å². The highest BCUT2D eigenvalue weighted by Crippen LogP contribution is 2.27. The van der Waals surface area contributed by atoms with E-state index >= 15 is 0 Å². The molecule has 0 aliphatic carbocycles. The first-order chi connectivity index (χ1) is 8.62. The molecule has 9 heteroatoms. The van der Waals surface area contributed by atoms with Gasteiger partial charge in [0.1, 0.15) is 4.21 Å². The lowest BCUT2D eigenvalue weighted by Crippen LogP contribution is -2.11. The maximum Gasteiger partial charge on any atom is 0.273 e. The fourth-order valence-electron chi connectivity index (χ4n) is 1.02. The fraction of sp³-hybridized carbons (Fsp3) is 0.111. The highest BCUT2D eigenvalue weighted by molar-refractivity contribution is 8.01. The van der Waals surface area contributed by atoms with E-state index in [9.17, 15) is 8.42 Å². The third-order valence-corrected chi connectivity index (χ3v) is 6.55. The van der Waals surface area contributed by atoms with Gasteiger partial charge >= 0.3 is 0 Å². The Hall–Kier alpha value is -0.900. The molecule has 0 atom stereocenters. The molecule has 0 bridgehead atoms. The van der Waals surface area contributed by atoms with Crippen LogP contribution in [0.5, 0.6) is 0 Å². The van der Waals surface area contributed by atoms with E-state index in [4.69, 9.17) is 0 Å². The van der Waals surface area contributed by atoms with Crippen molar-refractivity contribution in [2.75, 3.05) is 10.5 Å². The molecule has 0 amide bonds. The van der Waals surface area contributed by atoms with Crippen LogP contribution < -0.4 is 4.72 Å². The smallest absolute Gasteiger partial charge is 0.252 e. The molecule has 0 unspecified atom stereocenters. The van der Waals surface area contributed by atoms with Gasteiger partial charge in [0, 0.05) is 5.75 Å². The molecule has 2 aromatic heterocycles. The van der Waals surface area contributed by atoms with Crippen molar-refractivity contribution in [1.82, 2.24) is 10.2 Å². The monoisotopic (exact) mass is 319 g/mol. The summed E-state index contributed by atoms with van der Waals surface area (Å²) < 4.78 is 27.2. The van der Waals surface area contributed by atoms with Crippen molar-refractivity contribution in [3.63, 3.8) is 0 Å². The van der Waals surface area contributed by atoms with Crippen LogP contribution in [0.4, 0.5) is 5.13 Å². The summed E-state index contributed by atoms with van der Waals surface area (Å²) in [5.74, 6) is 0.715. The van der Waals surface area contributed by atoms with Crippen LogP contribution in [0.3, 0.4) is 0 Å². The van der Waals surface area contributed by atoms with Crippen LogP contribution in [0.1, 0.15) is 0 Å². The Bertz CT molecular complexity index is 618. The van der Waals surface area contributed by atoms with E-state index in [0.29, 0.717) is 10.1 Å². The van der Waals surface area contributed by atoms with E-state index in [1.165, 1.54) is 23.1 Å². The Labute approximate surface area is 117 Å². The molecule has 0 radical (unpaired) electrons. The summed E-state index contributed by atoms with van der Waals surface area (Å²) >= 11 is 3.82. The van der Waals surface area contributed by atoms with Crippen LogP contribution in [0.15, 0.2) is 38.7 Å². The van der Waals surface area contributed by atoms with Crippen molar-refractivity contribution in [2.45, 2.75) is 8.55 Å². The molecule has 0 saturated carbocycles. The lowest BCUT2D eigenvalue weighted by Gasteiger charge is -2.00. The second kappa shape index (κ2) is 5.83. The van der Waals surface area contributed by atoms with Crippen LogP contribution in [-0.2, 0) is 10.0 Å². The van der Waals surface area contributed by atoms with Crippen molar-refractivity contribution in [3.05, 3.63) is 30.2 Å². The molecule has 0 fully saturated rings. The highest BCUT2D eigenvalue weighted by Gasteiger charge is 2.17. The molecular weight excluding hydrogens is 310 g/mol. The number of sulfonamides is 1. The molecule has 0 aliphatic heterocycles. The van der Waals surface area contributed by atoms with E-state index in [2.05, 4.69) is 21.5 Å². The molecule has 0 spiro atoms. The number of thiophene rings is 1. The summed E-state index contributed by atoms with van der Waals surface area (Å²) in [6, 6.07) is 3.23. The van der Waals surface area contributed by atoms with E-state index in [1.54, 1.807) is 23.6 Å². The minimum absolute atomic E-state index is 0.262. The molecule has 0 saturated heterocycles. The summed E-state index contributed by atoms with van der Waals surface area (Å²) in [6.07, 6.45) is 1.75. The minimum atomic E-state index is -3.53. The molecule has 18 heavy (non-hydrogen) atoms. The van der Waals surface area contributed by atoms with E-state index in [1.807, 2.05) is 0 Å². The van der Waals surface area contributed by atoms with Crippen molar-refractivity contribution < 1.29 is 8.42 Å². The molecule has 2 aromatic rings. The Morgan fingerprint density at radius 1 is 1.50 bits per heavy atom. The third kappa shape index (κ3) is 3.31.